The van der Waals surface area contributed by atoms with Crippen LogP contribution in [0, 0.1) is 5.82 Å². The average Bonchev–Trinajstić information content (AvgIpc) is 2.24. The zero-order valence-corrected chi connectivity index (χ0v) is 9.08. The molecule has 0 spiro atoms. The van der Waals surface area contributed by atoms with E-state index in [1.165, 1.54) is 12.1 Å². The molecule has 0 fully saturated rings. The van der Waals surface area contributed by atoms with Crippen LogP contribution in [-0.2, 0) is 0 Å². The van der Waals surface area contributed by atoms with Crippen molar-refractivity contribution in [2.75, 3.05) is 7.05 Å². The van der Waals surface area contributed by atoms with Gasteiger partial charge < -0.3 is 5.11 Å². The standard InChI is InChI=1S/C12H14FNO/c1-4-8(2)12(14-3)9-5-6-11(15)10(13)7-9/h4-7,15H,1-3H3/b8-4-,14-12?. The van der Waals surface area contributed by atoms with Crippen molar-refractivity contribution in [1.29, 1.82) is 0 Å². The molecule has 0 radical (unpaired) electrons. The first kappa shape index (κ1) is 11.4. The van der Waals surface area contributed by atoms with Gasteiger partial charge in [-0.2, -0.15) is 0 Å². The van der Waals surface area contributed by atoms with Gasteiger partial charge in [-0.3, -0.25) is 4.99 Å². The van der Waals surface area contributed by atoms with Crippen LogP contribution < -0.4 is 0 Å². The highest BCUT2D eigenvalue weighted by Crippen LogP contribution is 2.18. The van der Waals surface area contributed by atoms with E-state index in [1.54, 1.807) is 13.1 Å². The largest absolute Gasteiger partial charge is 0.505 e. The summed E-state index contributed by atoms with van der Waals surface area (Å²) in [5.41, 5.74) is 2.38. The second kappa shape index (κ2) is 4.73. The number of phenolic OH excluding ortho intramolecular Hbond substituents is 1. The van der Waals surface area contributed by atoms with Gasteiger partial charge in [-0.15, -0.1) is 0 Å². The zero-order valence-electron chi connectivity index (χ0n) is 9.08. The van der Waals surface area contributed by atoms with Crippen molar-refractivity contribution in [3.8, 4) is 5.75 Å². The van der Waals surface area contributed by atoms with E-state index in [2.05, 4.69) is 4.99 Å². The Kier molecular flexibility index (Phi) is 3.61. The van der Waals surface area contributed by atoms with E-state index in [9.17, 15) is 4.39 Å². The molecule has 0 atom stereocenters. The molecule has 0 aliphatic rings. The summed E-state index contributed by atoms with van der Waals surface area (Å²) in [4.78, 5) is 4.10. The van der Waals surface area contributed by atoms with Gasteiger partial charge in [0.2, 0.25) is 0 Å². The van der Waals surface area contributed by atoms with Gasteiger partial charge in [0.15, 0.2) is 11.6 Å². The fraction of sp³-hybridized carbons (Fsp3) is 0.250. The third-order valence-corrected chi connectivity index (χ3v) is 2.25. The van der Waals surface area contributed by atoms with Crippen molar-refractivity contribution < 1.29 is 9.50 Å². The fourth-order valence-electron chi connectivity index (χ4n) is 1.32. The summed E-state index contributed by atoms with van der Waals surface area (Å²) in [7, 11) is 1.66. The van der Waals surface area contributed by atoms with Crippen LogP contribution in [0.4, 0.5) is 4.39 Å². The molecule has 0 aromatic heterocycles. The van der Waals surface area contributed by atoms with Crippen LogP contribution in [-0.4, -0.2) is 17.9 Å². The first-order valence-electron chi connectivity index (χ1n) is 4.69. The second-order valence-electron chi connectivity index (χ2n) is 3.21. The van der Waals surface area contributed by atoms with Crippen molar-refractivity contribution in [3.63, 3.8) is 0 Å². The van der Waals surface area contributed by atoms with E-state index in [0.717, 1.165) is 11.3 Å². The number of hydrogen-bond donors (Lipinski definition) is 1. The maximum absolute atomic E-state index is 13.1. The monoisotopic (exact) mass is 207 g/mol. The lowest BCUT2D eigenvalue weighted by molar-refractivity contribution is 0.432. The highest BCUT2D eigenvalue weighted by molar-refractivity contribution is 6.12. The number of benzene rings is 1. The van der Waals surface area contributed by atoms with Crippen LogP contribution >= 0.6 is 0 Å². The van der Waals surface area contributed by atoms with Crippen LogP contribution in [0.25, 0.3) is 0 Å². The minimum absolute atomic E-state index is 0.340. The van der Waals surface area contributed by atoms with Crippen molar-refractivity contribution in [2.24, 2.45) is 4.99 Å². The van der Waals surface area contributed by atoms with Crippen LogP contribution in [0.1, 0.15) is 19.4 Å². The Morgan fingerprint density at radius 3 is 2.60 bits per heavy atom. The third-order valence-electron chi connectivity index (χ3n) is 2.25. The second-order valence-corrected chi connectivity index (χ2v) is 3.21. The number of rotatable bonds is 2. The predicted octanol–water partition coefficient (Wildman–Crippen LogP) is 2.92. The summed E-state index contributed by atoms with van der Waals surface area (Å²) in [6.07, 6.45) is 1.91. The van der Waals surface area contributed by atoms with Crippen LogP contribution in [0.2, 0.25) is 0 Å². The van der Waals surface area contributed by atoms with Gasteiger partial charge in [-0.25, -0.2) is 4.39 Å². The molecule has 80 valence electrons. The number of aromatic hydroxyl groups is 1. The maximum Gasteiger partial charge on any atom is 0.165 e. The quantitative estimate of drug-likeness (QED) is 0.743. The molecule has 1 rings (SSSR count). The minimum Gasteiger partial charge on any atom is -0.505 e. The van der Waals surface area contributed by atoms with E-state index in [1.807, 2.05) is 19.9 Å². The van der Waals surface area contributed by atoms with Gasteiger partial charge in [0, 0.05) is 12.6 Å². The Labute approximate surface area is 88.8 Å². The van der Waals surface area contributed by atoms with Crippen LogP contribution in [0.3, 0.4) is 0 Å². The number of hydrogen-bond acceptors (Lipinski definition) is 2. The number of phenols is 1. The molecule has 0 bridgehead atoms. The molecule has 0 unspecified atom stereocenters. The summed E-state index contributed by atoms with van der Waals surface area (Å²) < 4.78 is 13.1. The van der Waals surface area contributed by atoms with E-state index in [0.29, 0.717) is 5.56 Å². The maximum atomic E-state index is 13.1. The van der Waals surface area contributed by atoms with Crippen molar-refractivity contribution in [3.05, 3.63) is 41.2 Å². The first-order chi connectivity index (χ1) is 7.10. The summed E-state index contributed by atoms with van der Waals surface area (Å²) in [5, 5.41) is 9.06. The highest BCUT2D eigenvalue weighted by atomic mass is 19.1. The molecular weight excluding hydrogens is 193 g/mol. The normalized spacial score (nSPS) is 13.1. The molecule has 0 amide bonds. The lowest BCUT2D eigenvalue weighted by Crippen LogP contribution is -2.02. The highest BCUT2D eigenvalue weighted by Gasteiger charge is 2.07. The Hall–Kier alpha value is -1.64. The third kappa shape index (κ3) is 2.43. The number of nitrogens with zero attached hydrogens (tertiary/aromatic N) is 1. The Balaban J connectivity index is 3.21. The summed E-state index contributed by atoms with van der Waals surface area (Å²) in [6.45, 7) is 3.81. The molecular formula is C12H14FNO. The van der Waals surface area contributed by atoms with E-state index in [4.69, 9.17) is 5.11 Å². The van der Waals surface area contributed by atoms with Crippen LogP contribution in [0.15, 0.2) is 34.8 Å². The van der Waals surface area contributed by atoms with Crippen LogP contribution in [0.5, 0.6) is 5.75 Å². The number of halogens is 1. The van der Waals surface area contributed by atoms with Gasteiger partial charge in [-0.05, 0) is 37.6 Å². The van der Waals surface area contributed by atoms with E-state index in [-0.39, 0.29) is 5.75 Å². The molecule has 0 saturated carbocycles. The Bertz CT molecular complexity index is 422. The van der Waals surface area contributed by atoms with E-state index < -0.39 is 5.82 Å². The Morgan fingerprint density at radius 2 is 2.13 bits per heavy atom. The average molecular weight is 207 g/mol. The molecule has 0 aliphatic heterocycles. The Morgan fingerprint density at radius 1 is 1.47 bits per heavy atom. The molecule has 1 aromatic rings. The SMILES string of the molecule is C/C=C(/C)C(=NC)c1ccc(O)c(F)c1. The number of allylic oxidation sites excluding steroid dienone is 2. The molecule has 2 nitrogen and oxygen atoms in total. The van der Waals surface area contributed by atoms with E-state index >= 15 is 0 Å². The zero-order chi connectivity index (χ0) is 11.4. The van der Waals surface area contributed by atoms with Gasteiger partial charge in [0.05, 0.1) is 5.71 Å². The molecule has 0 saturated heterocycles. The molecule has 0 aliphatic carbocycles. The smallest absolute Gasteiger partial charge is 0.165 e. The van der Waals surface area contributed by atoms with Crippen molar-refractivity contribution in [2.45, 2.75) is 13.8 Å². The summed E-state index contributed by atoms with van der Waals surface area (Å²) >= 11 is 0. The van der Waals surface area contributed by atoms with Gasteiger partial charge in [0.25, 0.3) is 0 Å². The molecule has 0 heterocycles. The predicted molar refractivity (Wildman–Crippen MR) is 60.0 cm³/mol. The van der Waals surface area contributed by atoms with Gasteiger partial charge >= 0.3 is 0 Å². The van der Waals surface area contributed by atoms with Gasteiger partial charge in [-0.1, -0.05) is 6.08 Å². The van der Waals surface area contributed by atoms with Gasteiger partial charge in [0.1, 0.15) is 0 Å². The summed E-state index contributed by atoms with van der Waals surface area (Å²) in [6, 6.07) is 4.26. The molecule has 1 N–H and O–H groups in total. The molecule has 15 heavy (non-hydrogen) atoms. The summed E-state index contributed by atoms with van der Waals surface area (Å²) in [5.74, 6) is -0.968. The number of aliphatic imine (C=N–C) groups is 1. The lowest BCUT2D eigenvalue weighted by Gasteiger charge is -2.06. The lowest BCUT2D eigenvalue weighted by atomic mass is 10.0. The molecule has 1 aromatic carbocycles. The fourth-order valence-corrected chi connectivity index (χ4v) is 1.32. The minimum atomic E-state index is -0.627. The topological polar surface area (TPSA) is 32.6 Å². The molecule has 3 heteroatoms. The first-order valence-corrected chi connectivity index (χ1v) is 4.69. The van der Waals surface area contributed by atoms with Crippen molar-refractivity contribution >= 4 is 5.71 Å². The van der Waals surface area contributed by atoms with Crippen molar-refractivity contribution in [1.82, 2.24) is 0 Å².